The summed E-state index contributed by atoms with van der Waals surface area (Å²) >= 11 is 0. The van der Waals surface area contributed by atoms with Gasteiger partial charge in [0.15, 0.2) is 0 Å². The van der Waals surface area contributed by atoms with Crippen LogP contribution in [-0.2, 0) is 20.9 Å². The molecule has 2 aliphatic carbocycles. The van der Waals surface area contributed by atoms with Gasteiger partial charge >= 0.3 is 5.97 Å². The Labute approximate surface area is 152 Å². The third kappa shape index (κ3) is 3.20. The highest BCUT2D eigenvalue weighted by Crippen LogP contribution is 2.48. The Kier molecular flexibility index (Phi) is 4.42. The van der Waals surface area contributed by atoms with E-state index in [0.29, 0.717) is 19.5 Å². The van der Waals surface area contributed by atoms with Gasteiger partial charge in [0.25, 0.3) is 0 Å². The second kappa shape index (κ2) is 6.74. The van der Waals surface area contributed by atoms with Gasteiger partial charge in [-0.2, -0.15) is 0 Å². The van der Waals surface area contributed by atoms with Crippen molar-refractivity contribution in [3.63, 3.8) is 0 Å². The average Bonchev–Trinajstić information content (AvgIpc) is 3.30. The molecule has 2 N–H and O–H groups in total. The Morgan fingerprint density at radius 2 is 1.88 bits per heavy atom. The number of carbonyl (C=O) groups is 3. The first-order valence-electron chi connectivity index (χ1n) is 9.36. The fourth-order valence-corrected chi connectivity index (χ4v) is 4.96. The van der Waals surface area contributed by atoms with Crippen LogP contribution < -0.4 is 5.32 Å². The Bertz CT molecular complexity index is 720. The predicted octanol–water partition coefficient (Wildman–Crippen LogP) is 1.65. The van der Waals surface area contributed by atoms with Gasteiger partial charge < -0.3 is 15.3 Å². The Morgan fingerprint density at radius 1 is 1.12 bits per heavy atom. The van der Waals surface area contributed by atoms with Crippen molar-refractivity contribution in [2.75, 3.05) is 6.54 Å². The van der Waals surface area contributed by atoms with Gasteiger partial charge in [-0.05, 0) is 36.7 Å². The summed E-state index contributed by atoms with van der Waals surface area (Å²) in [6.45, 7) is 0.996. The summed E-state index contributed by atoms with van der Waals surface area (Å²) in [6, 6.07) is 9.86. The highest BCUT2D eigenvalue weighted by atomic mass is 16.4. The summed E-state index contributed by atoms with van der Waals surface area (Å²) < 4.78 is 0. The maximum absolute atomic E-state index is 12.6. The van der Waals surface area contributed by atoms with Crippen LogP contribution in [-0.4, -0.2) is 40.4 Å². The summed E-state index contributed by atoms with van der Waals surface area (Å²) in [5.74, 6) is -0.847. The van der Waals surface area contributed by atoms with Gasteiger partial charge in [-0.3, -0.25) is 14.4 Å². The minimum Gasteiger partial charge on any atom is -0.481 e. The van der Waals surface area contributed by atoms with Crippen LogP contribution in [0.25, 0.3) is 0 Å². The fourth-order valence-electron chi connectivity index (χ4n) is 4.96. The molecule has 2 saturated carbocycles. The van der Waals surface area contributed by atoms with Gasteiger partial charge in [0.1, 0.15) is 0 Å². The first kappa shape index (κ1) is 17.1. The molecule has 6 nitrogen and oxygen atoms in total. The van der Waals surface area contributed by atoms with Crippen molar-refractivity contribution in [2.45, 2.75) is 38.3 Å². The number of likely N-dealkylation sites (tertiary alicyclic amines) is 1. The van der Waals surface area contributed by atoms with Crippen LogP contribution >= 0.6 is 0 Å². The van der Waals surface area contributed by atoms with E-state index in [1.54, 1.807) is 4.90 Å². The van der Waals surface area contributed by atoms with E-state index >= 15 is 0 Å². The van der Waals surface area contributed by atoms with Crippen molar-refractivity contribution in [2.24, 2.45) is 23.7 Å². The molecule has 1 aromatic rings. The predicted molar refractivity (Wildman–Crippen MR) is 93.9 cm³/mol. The van der Waals surface area contributed by atoms with Crippen molar-refractivity contribution >= 4 is 17.8 Å². The number of carbonyl (C=O) groups excluding carboxylic acids is 2. The molecular formula is C20H24N2O4. The van der Waals surface area contributed by atoms with Gasteiger partial charge in [-0.25, -0.2) is 0 Å². The van der Waals surface area contributed by atoms with Crippen molar-refractivity contribution < 1.29 is 19.5 Å². The molecule has 26 heavy (non-hydrogen) atoms. The third-order valence-corrected chi connectivity index (χ3v) is 6.30. The number of benzene rings is 1. The molecule has 1 heterocycles. The smallest absolute Gasteiger partial charge is 0.306 e. The minimum atomic E-state index is -0.708. The van der Waals surface area contributed by atoms with E-state index in [1.165, 1.54) is 0 Å². The van der Waals surface area contributed by atoms with Crippen molar-refractivity contribution in [1.29, 1.82) is 0 Å². The lowest BCUT2D eigenvalue weighted by atomic mass is 9.86. The number of hydrogen-bond acceptors (Lipinski definition) is 3. The molecule has 0 radical (unpaired) electrons. The highest BCUT2D eigenvalue weighted by Gasteiger charge is 2.49. The second-order valence-electron chi connectivity index (χ2n) is 7.95. The maximum atomic E-state index is 12.6. The van der Waals surface area contributed by atoms with Gasteiger partial charge in [-0.1, -0.05) is 30.3 Å². The molecule has 4 rings (SSSR count). The number of hydrogen-bond donors (Lipinski definition) is 2. The number of aliphatic carboxylic acids is 1. The van der Waals surface area contributed by atoms with Crippen LogP contribution in [0.1, 0.15) is 31.2 Å². The highest BCUT2D eigenvalue weighted by molar-refractivity contribution is 5.89. The van der Waals surface area contributed by atoms with Crippen LogP contribution in [0.2, 0.25) is 0 Å². The topological polar surface area (TPSA) is 86.7 Å². The van der Waals surface area contributed by atoms with E-state index in [0.717, 1.165) is 18.4 Å². The zero-order valence-electron chi connectivity index (χ0n) is 14.6. The number of fused-ring (bicyclic) bond motifs is 2. The van der Waals surface area contributed by atoms with Crippen LogP contribution in [0.15, 0.2) is 30.3 Å². The monoisotopic (exact) mass is 356 g/mol. The summed E-state index contributed by atoms with van der Waals surface area (Å²) in [4.78, 5) is 37.9. The lowest BCUT2D eigenvalue weighted by Crippen LogP contribution is -2.44. The molecule has 6 heteroatoms. The fraction of sp³-hybridized carbons (Fsp3) is 0.550. The molecule has 138 valence electrons. The first-order valence-corrected chi connectivity index (χ1v) is 9.36. The van der Waals surface area contributed by atoms with Gasteiger partial charge in [-0.15, -0.1) is 0 Å². The zero-order valence-corrected chi connectivity index (χ0v) is 14.6. The molecule has 2 amide bonds. The molecule has 0 aromatic heterocycles. The number of rotatable bonds is 5. The largest absolute Gasteiger partial charge is 0.481 e. The van der Waals surface area contributed by atoms with E-state index in [9.17, 15) is 19.5 Å². The normalized spacial score (nSPS) is 32.8. The number of carboxylic acid groups (broad SMARTS) is 1. The summed E-state index contributed by atoms with van der Waals surface area (Å²) in [7, 11) is 0. The van der Waals surface area contributed by atoms with Crippen molar-refractivity contribution in [1.82, 2.24) is 10.2 Å². The number of nitrogens with one attached hydrogen (secondary N) is 1. The van der Waals surface area contributed by atoms with E-state index < -0.39 is 5.97 Å². The maximum Gasteiger partial charge on any atom is 0.306 e. The SMILES string of the molecule is O=C(N[C@@H]1C[C@H]2C[C@@H]1C[C@H]2C(=O)O)C1CC(=O)N(Cc2ccccc2)C1. The van der Waals surface area contributed by atoms with Crippen LogP contribution in [0.3, 0.4) is 0 Å². The molecule has 0 spiro atoms. The molecule has 1 aromatic carbocycles. The molecule has 3 aliphatic rings. The van der Waals surface area contributed by atoms with Crippen molar-refractivity contribution in [3.8, 4) is 0 Å². The molecule has 1 aliphatic heterocycles. The molecule has 1 unspecified atom stereocenters. The third-order valence-electron chi connectivity index (χ3n) is 6.30. The lowest BCUT2D eigenvalue weighted by Gasteiger charge is -2.27. The van der Waals surface area contributed by atoms with E-state index in [1.807, 2.05) is 30.3 Å². The minimum absolute atomic E-state index is 0.0212. The standard InChI is InChI=1S/C20H24N2O4/c23-18-9-15(11-22(18)10-12-4-2-1-3-5-12)19(24)21-17-8-13-6-14(17)7-16(13)20(25)26/h1-5,13-17H,6-11H2,(H,21,24)(H,25,26)/t13-,14-,15?,16-,17-/m1/s1. The summed E-state index contributed by atoms with van der Waals surface area (Å²) in [5, 5.41) is 12.3. The second-order valence-corrected chi connectivity index (χ2v) is 7.95. The Hall–Kier alpha value is -2.37. The Balaban J connectivity index is 1.31. The van der Waals surface area contributed by atoms with E-state index in [4.69, 9.17) is 0 Å². The van der Waals surface area contributed by atoms with Crippen molar-refractivity contribution in [3.05, 3.63) is 35.9 Å². The quantitative estimate of drug-likeness (QED) is 0.840. The zero-order chi connectivity index (χ0) is 18.3. The van der Waals surface area contributed by atoms with Crippen LogP contribution in [0.4, 0.5) is 0 Å². The summed E-state index contributed by atoms with van der Waals surface area (Å²) in [5.41, 5.74) is 1.06. The number of nitrogens with zero attached hydrogens (tertiary/aromatic N) is 1. The molecule has 1 saturated heterocycles. The van der Waals surface area contributed by atoms with Crippen LogP contribution in [0.5, 0.6) is 0 Å². The number of carboxylic acids is 1. The first-order chi connectivity index (χ1) is 12.5. The van der Waals surface area contributed by atoms with E-state index in [-0.39, 0.29) is 47.9 Å². The van der Waals surface area contributed by atoms with Gasteiger partial charge in [0.05, 0.1) is 11.8 Å². The molecule has 2 bridgehead atoms. The Morgan fingerprint density at radius 3 is 2.54 bits per heavy atom. The van der Waals surface area contributed by atoms with Crippen LogP contribution in [0, 0.1) is 23.7 Å². The lowest BCUT2D eigenvalue weighted by molar-refractivity contribution is -0.143. The molecule has 5 atom stereocenters. The number of amides is 2. The van der Waals surface area contributed by atoms with Gasteiger partial charge in [0.2, 0.25) is 11.8 Å². The summed E-state index contributed by atoms with van der Waals surface area (Å²) in [6.07, 6.45) is 2.57. The average molecular weight is 356 g/mol. The molecule has 3 fully saturated rings. The van der Waals surface area contributed by atoms with E-state index in [2.05, 4.69) is 5.32 Å². The molecular weight excluding hydrogens is 332 g/mol. The van der Waals surface area contributed by atoms with Gasteiger partial charge in [0, 0.05) is 25.6 Å².